The van der Waals surface area contributed by atoms with Gasteiger partial charge in [-0.1, -0.05) is 27.7 Å². The summed E-state index contributed by atoms with van der Waals surface area (Å²) >= 11 is 1.17. The molecule has 14 N–H and O–H groups in total. The number of ketones is 1. The second-order valence-corrected chi connectivity index (χ2v) is 11.2. The third-order valence-electron chi connectivity index (χ3n) is 5.38. The predicted molar refractivity (Wildman–Crippen MR) is 182 cm³/mol. The highest BCUT2D eigenvalue weighted by Crippen LogP contribution is 2.07. The van der Waals surface area contributed by atoms with E-state index in [1.54, 1.807) is 12.3 Å². The Morgan fingerprint density at radius 2 is 1.40 bits per heavy atom. The number of amides is 5. The average Bonchev–Trinajstić information content (AvgIpc) is 3.54. The lowest BCUT2D eigenvalue weighted by Gasteiger charge is -2.21. The van der Waals surface area contributed by atoms with E-state index in [1.807, 2.05) is 20.8 Å². The summed E-state index contributed by atoms with van der Waals surface area (Å²) in [5.41, 5.74) is 25.2. The second-order valence-electron chi connectivity index (χ2n) is 10.3. The maximum Gasteiger partial charge on any atom is 0.243 e. The zero-order valence-electron chi connectivity index (χ0n) is 27.8. The number of guanidine groups is 2. The number of thiazole rings is 1. The first-order chi connectivity index (χ1) is 22.0. The maximum atomic E-state index is 12.6. The molecule has 266 valence electrons. The Morgan fingerprint density at radius 3 is 1.85 bits per heavy atom. The van der Waals surface area contributed by atoms with Crippen LogP contribution in [0.5, 0.6) is 0 Å². The molecule has 0 radical (unpaired) electrons. The van der Waals surface area contributed by atoms with E-state index >= 15 is 0 Å². The molecule has 1 heterocycles. The molecule has 19 heteroatoms. The number of nitrogens with one attached hydrogen (secondary N) is 4. The topological polar surface area (TPSA) is 318 Å². The number of hydrogen-bond donors (Lipinski definition) is 9. The Morgan fingerprint density at radius 1 is 0.851 bits per heavy atom. The van der Waals surface area contributed by atoms with E-state index in [4.69, 9.17) is 22.9 Å². The number of rotatable bonds is 18. The largest absolute Gasteiger partial charge is 0.370 e. The van der Waals surface area contributed by atoms with Crippen LogP contribution in [0.1, 0.15) is 76.5 Å². The highest BCUT2D eigenvalue weighted by atomic mass is 32.1. The predicted octanol–water partition coefficient (Wildman–Crippen LogP) is -1.80. The van der Waals surface area contributed by atoms with Crippen LogP contribution in [0.3, 0.4) is 0 Å². The summed E-state index contributed by atoms with van der Waals surface area (Å²) < 4.78 is 0. The number of carbonyl (C=O) groups is 6. The zero-order chi connectivity index (χ0) is 36.4. The molecule has 0 spiro atoms. The van der Waals surface area contributed by atoms with Gasteiger partial charge in [0, 0.05) is 38.0 Å². The first-order valence-corrected chi connectivity index (χ1v) is 15.8. The summed E-state index contributed by atoms with van der Waals surface area (Å²) in [6, 6.07) is -1.77. The van der Waals surface area contributed by atoms with Crippen LogP contribution >= 0.6 is 11.3 Å². The lowest BCUT2D eigenvalue weighted by atomic mass is 10.0. The van der Waals surface area contributed by atoms with Crippen LogP contribution in [-0.2, 0) is 24.0 Å². The fraction of sp³-hybridized carbons (Fsp3) is 0.607. The van der Waals surface area contributed by atoms with Gasteiger partial charge in [0.2, 0.25) is 35.3 Å². The van der Waals surface area contributed by atoms with Crippen LogP contribution in [0.4, 0.5) is 0 Å². The summed E-state index contributed by atoms with van der Waals surface area (Å²) in [5, 5.41) is 12.0. The number of nitrogens with zero attached hydrogens (tertiary/aromatic N) is 3. The van der Waals surface area contributed by atoms with Crippen LogP contribution in [0, 0.1) is 5.92 Å². The van der Waals surface area contributed by atoms with Gasteiger partial charge in [-0.15, -0.1) is 11.3 Å². The molecular weight excluding hydrogens is 632 g/mol. The van der Waals surface area contributed by atoms with Crippen LogP contribution in [0.25, 0.3) is 0 Å². The van der Waals surface area contributed by atoms with E-state index in [0.717, 1.165) is 13.0 Å². The third kappa shape index (κ3) is 26.1. The SMILES string of the molecule is CC(=O)NC(CCCN=C(N)N)C(=O)NCC(=O)NC(CC(C)C)C(=O)NCC(=O)c1nccs1.CCC(N)=O.CCCN=C(N)N. The van der Waals surface area contributed by atoms with Gasteiger partial charge in [0.25, 0.3) is 0 Å². The van der Waals surface area contributed by atoms with Gasteiger partial charge in [-0.25, -0.2) is 4.98 Å². The van der Waals surface area contributed by atoms with Crippen molar-refractivity contribution in [3.05, 3.63) is 16.6 Å². The molecule has 2 unspecified atom stereocenters. The molecule has 1 rings (SSSR count). The Kier molecular flexibility index (Phi) is 24.9. The molecule has 18 nitrogen and oxygen atoms in total. The van der Waals surface area contributed by atoms with Gasteiger partial charge >= 0.3 is 0 Å². The fourth-order valence-corrected chi connectivity index (χ4v) is 3.80. The molecule has 2 atom stereocenters. The van der Waals surface area contributed by atoms with Crippen molar-refractivity contribution in [3.63, 3.8) is 0 Å². The standard InChI is InChI=1S/C21H34N8O5S.C4H11N3.C3H7NO/c1-12(2)9-15(19(34)26-10-16(31)20-24-7-8-35-20)29-17(32)11-27-18(33)14(28-13(3)30)5-4-6-25-21(22)23;1-2-3-7-4(5)6;1-2-3(4)5/h7-8,12,14-15H,4-6,9-11H2,1-3H3,(H,26,34)(H,27,33)(H,28,30)(H,29,32)(H4,22,23,25);2-3H2,1H3,(H4,5,6,7);2H2,1H3,(H2,4,5). The maximum absolute atomic E-state index is 12.6. The van der Waals surface area contributed by atoms with Crippen LogP contribution in [-0.4, -0.2) is 90.5 Å². The zero-order valence-corrected chi connectivity index (χ0v) is 28.7. The minimum absolute atomic E-state index is 0.0738. The number of primary amides is 1. The number of Topliss-reactive ketones (excluding diaryl/α,β-unsaturated/α-hetero) is 1. The summed E-state index contributed by atoms with van der Waals surface area (Å²) in [5.74, 6) is -2.46. The summed E-state index contributed by atoms with van der Waals surface area (Å²) in [7, 11) is 0. The van der Waals surface area contributed by atoms with Crippen molar-refractivity contribution in [2.45, 2.75) is 78.8 Å². The minimum Gasteiger partial charge on any atom is -0.370 e. The molecule has 0 aliphatic rings. The lowest BCUT2D eigenvalue weighted by molar-refractivity contribution is -0.131. The van der Waals surface area contributed by atoms with E-state index in [2.05, 4.69) is 42.0 Å². The monoisotopic (exact) mass is 684 g/mol. The van der Waals surface area contributed by atoms with Gasteiger partial charge in [0.15, 0.2) is 16.9 Å². The van der Waals surface area contributed by atoms with Crippen LogP contribution in [0.15, 0.2) is 21.6 Å². The summed E-state index contributed by atoms with van der Waals surface area (Å²) in [4.78, 5) is 82.1. The highest BCUT2D eigenvalue weighted by Gasteiger charge is 2.24. The molecule has 1 aromatic rings. The fourth-order valence-electron chi connectivity index (χ4n) is 3.22. The van der Waals surface area contributed by atoms with Crippen molar-refractivity contribution in [2.24, 2.45) is 44.6 Å². The van der Waals surface area contributed by atoms with E-state index in [1.165, 1.54) is 24.5 Å². The molecule has 0 saturated carbocycles. The Labute approximate surface area is 279 Å². The average molecular weight is 685 g/mol. The number of nitrogens with two attached hydrogens (primary N) is 5. The number of carbonyl (C=O) groups excluding carboxylic acids is 6. The van der Waals surface area contributed by atoms with Gasteiger partial charge < -0.3 is 49.9 Å². The van der Waals surface area contributed by atoms with Gasteiger partial charge in [0.1, 0.15) is 12.1 Å². The number of aromatic nitrogens is 1. The quantitative estimate of drug-likeness (QED) is 0.0359. The van der Waals surface area contributed by atoms with Gasteiger partial charge in [-0.2, -0.15) is 0 Å². The van der Waals surface area contributed by atoms with Crippen LogP contribution in [0.2, 0.25) is 0 Å². The van der Waals surface area contributed by atoms with Crippen molar-refractivity contribution >= 4 is 58.6 Å². The van der Waals surface area contributed by atoms with Gasteiger partial charge in [0.05, 0.1) is 13.1 Å². The molecule has 0 aromatic carbocycles. The molecule has 1 aromatic heterocycles. The molecule has 0 fully saturated rings. The minimum atomic E-state index is -0.894. The van der Waals surface area contributed by atoms with E-state index < -0.39 is 42.3 Å². The molecule has 0 aliphatic heterocycles. The van der Waals surface area contributed by atoms with Crippen molar-refractivity contribution in [1.82, 2.24) is 26.3 Å². The summed E-state index contributed by atoms with van der Waals surface area (Å²) in [6.45, 7) is 9.16. The second kappa shape index (κ2) is 26.4. The number of aliphatic imine (C=N–C) groups is 2. The van der Waals surface area contributed by atoms with Crippen molar-refractivity contribution in [3.8, 4) is 0 Å². The first-order valence-electron chi connectivity index (χ1n) is 15.0. The summed E-state index contributed by atoms with van der Waals surface area (Å²) in [6.07, 6.45) is 3.96. The van der Waals surface area contributed by atoms with Crippen molar-refractivity contribution in [1.29, 1.82) is 0 Å². The first kappa shape index (κ1) is 44.3. The van der Waals surface area contributed by atoms with Crippen molar-refractivity contribution in [2.75, 3.05) is 26.2 Å². The normalized spacial score (nSPS) is 11.1. The van der Waals surface area contributed by atoms with Gasteiger partial charge in [-0.05, 0) is 31.6 Å². The molecule has 47 heavy (non-hydrogen) atoms. The van der Waals surface area contributed by atoms with E-state index in [9.17, 15) is 28.8 Å². The van der Waals surface area contributed by atoms with E-state index in [-0.39, 0.29) is 54.0 Å². The number of hydrogen-bond acceptors (Lipinski definition) is 10. The van der Waals surface area contributed by atoms with Crippen molar-refractivity contribution < 1.29 is 28.8 Å². The van der Waals surface area contributed by atoms with E-state index in [0.29, 0.717) is 19.3 Å². The van der Waals surface area contributed by atoms with Gasteiger partial charge in [-0.3, -0.25) is 38.8 Å². The smallest absolute Gasteiger partial charge is 0.243 e. The molecule has 5 amide bonds. The molecular formula is C28H52N12O6S. The molecule has 0 saturated heterocycles. The Bertz CT molecular complexity index is 1170. The third-order valence-corrected chi connectivity index (χ3v) is 6.20. The lowest BCUT2D eigenvalue weighted by Crippen LogP contribution is -2.52. The molecule has 0 bridgehead atoms. The van der Waals surface area contributed by atoms with Crippen LogP contribution < -0.4 is 49.9 Å². The molecule has 0 aliphatic carbocycles. The Hall–Kier alpha value is -4.81. The highest BCUT2D eigenvalue weighted by molar-refractivity contribution is 7.11. The Balaban J connectivity index is 0.